The van der Waals surface area contributed by atoms with E-state index in [1.54, 1.807) is 7.11 Å². The molecule has 1 aromatic rings. The second kappa shape index (κ2) is 6.59. The summed E-state index contributed by atoms with van der Waals surface area (Å²) in [4.78, 5) is 13.4. The number of carboxylic acids is 1. The van der Waals surface area contributed by atoms with Crippen molar-refractivity contribution < 1.29 is 14.6 Å². The van der Waals surface area contributed by atoms with E-state index in [0.29, 0.717) is 12.5 Å². The van der Waals surface area contributed by atoms with E-state index in [9.17, 15) is 9.90 Å². The smallest absolute Gasteiger partial charge is 0.307 e. The summed E-state index contributed by atoms with van der Waals surface area (Å²) < 4.78 is 6.36. The molecule has 0 aromatic heterocycles. The number of carbonyl (C=O) groups is 1. The van der Waals surface area contributed by atoms with Crippen LogP contribution in [0.15, 0.2) is 22.7 Å². The summed E-state index contributed by atoms with van der Waals surface area (Å²) >= 11 is 3.48. The highest BCUT2D eigenvalue weighted by atomic mass is 79.9. The molecule has 20 heavy (non-hydrogen) atoms. The Labute approximate surface area is 127 Å². The summed E-state index contributed by atoms with van der Waals surface area (Å²) in [6.45, 7) is 4.37. The van der Waals surface area contributed by atoms with Crippen molar-refractivity contribution in [3.8, 4) is 5.75 Å². The van der Waals surface area contributed by atoms with Gasteiger partial charge in [0.05, 0.1) is 17.5 Å². The van der Waals surface area contributed by atoms with Gasteiger partial charge in [-0.25, -0.2) is 0 Å². The van der Waals surface area contributed by atoms with Gasteiger partial charge in [-0.2, -0.15) is 0 Å². The van der Waals surface area contributed by atoms with Gasteiger partial charge in [0, 0.05) is 25.2 Å². The van der Waals surface area contributed by atoms with Gasteiger partial charge in [-0.05, 0) is 34.3 Å². The van der Waals surface area contributed by atoms with E-state index in [1.165, 1.54) is 0 Å². The molecule has 1 aliphatic heterocycles. The monoisotopic (exact) mass is 341 g/mol. The molecule has 1 N–H and O–H groups in total. The molecule has 1 fully saturated rings. The Hall–Kier alpha value is -1.07. The number of benzene rings is 1. The Kier molecular flexibility index (Phi) is 5.05. The molecule has 1 aliphatic rings. The average molecular weight is 342 g/mol. The first kappa shape index (κ1) is 15.3. The number of rotatable bonds is 4. The fourth-order valence-electron chi connectivity index (χ4n) is 2.92. The zero-order valence-electron chi connectivity index (χ0n) is 11.8. The van der Waals surface area contributed by atoms with E-state index in [1.807, 2.05) is 18.2 Å². The van der Waals surface area contributed by atoms with Crippen LogP contribution in [0.2, 0.25) is 0 Å². The number of carboxylic acid groups (broad SMARTS) is 1. The standard InChI is InChI=1S/C15H20BrNO3/c1-10-6-12(15(18)19)9-17(7-10)8-11-4-3-5-13(16)14(11)20-2/h3-5,10,12H,6-9H2,1-2H3,(H,18,19). The van der Waals surface area contributed by atoms with Crippen LogP contribution in [0.1, 0.15) is 18.9 Å². The van der Waals surface area contributed by atoms with Crippen LogP contribution in [0.5, 0.6) is 5.75 Å². The van der Waals surface area contributed by atoms with E-state index in [-0.39, 0.29) is 5.92 Å². The molecule has 0 saturated carbocycles. The number of methoxy groups -OCH3 is 1. The third-order valence-corrected chi connectivity index (χ3v) is 4.36. The predicted molar refractivity (Wildman–Crippen MR) is 80.9 cm³/mol. The van der Waals surface area contributed by atoms with Crippen molar-refractivity contribution in [3.05, 3.63) is 28.2 Å². The van der Waals surface area contributed by atoms with Gasteiger partial charge < -0.3 is 9.84 Å². The molecule has 1 aromatic carbocycles. The molecular weight excluding hydrogens is 322 g/mol. The maximum Gasteiger partial charge on any atom is 0.307 e. The second-order valence-corrected chi connectivity index (χ2v) is 6.36. The first-order chi connectivity index (χ1) is 9.51. The van der Waals surface area contributed by atoms with E-state index in [0.717, 1.165) is 35.3 Å². The molecule has 0 aliphatic carbocycles. The highest BCUT2D eigenvalue weighted by Crippen LogP contribution is 2.31. The van der Waals surface area contributed by atoms with Crippen LogP contribution in [0.3, 0.4) is 0 Å². The lowest BCUT2D eigenvalue weighted by Gasteiger charge is -2.34. The molecule has 1 heterocycles. The number of hydrogen-bond donors (Lipinski definition) is 1. The van der Waals surface area contributed by atoms with Gasteiger partial charge in [0.25, 0.3) is 0 Å². The molecule has 110 valence electrons. The molecule has 0 amide bonds. The Bertz CT molecular complexity index is 492. The van der Waals surface area contributed by atoms with Crippen molar-refractivity contribution in [2.45, 2.75) is 19.9 Å². The van der Waals surface area contributed by atoms with Crippen LogP contribution >= 0.6 is 15.9 Å². The van der Waals surface area contributed by atoms with E-state index in [2.05, 4.69) is 27.8 Å². The van der Waals surface area contributed by atoms with Crippen LogP contribution in [0.25, 0.3) is 0 Å². The maximum atomic E-state index is 11.2. The van der Waals surface area contributed by atoms with Crippen LogP contribution in [0, 0.1) is 11.8 Å². The quantitative estimate of drug-likeness (QED) is 0.914. The number of aliphatic carboxylic acids is 1. The third-order valence-electron chi connectivity index (χ3n) is 3.73. The minimum atomic E-state index is -0.692. The summed E-state index contributed by atoms with van der Waals surface area (Å²) in [5, 5.41) is 9.23. The number of halogens is 1. The molecule has 5 heteroatoms. The molecule has 0 radical (unpaired) electrons. The lowest BCUT2D eigenvalue weighted by molar-refractivity contribution is -0.144. The number of likely N-dealkylation sites (tertiary alicyclic amines) is 1. The van der Waals surface area contributed by atoms with E-state index >= 15 is 0 Å². The first-order valence-electron chi connectivity index (χ1n) is 6.77. The number of para-hydroxylation sites is 1. The third kappa shape index (κ3) is 3.52. The second-order valence-electron chi connectivity index (χ2n) is 5.50. The SMILES string of the molecule is COc1c(Br)cccc1CN1CC(C)CC(C(=O)O)C1. The summed E-state index contributed by atoms with van der Waals surface area (Å²) in [5.41, 5.74) is 1.08. The molecule has 2 unspecified atom stereocenters. The average Bonchev–Trinajstić information content (AvgIpc) is 2.38. The fourth-order valence-corrected chi connectivity index (χ4v) is 3.49. The first-order valence-corrected chi connectivity index (χ1v) is 7.57. The summed E-state index contributed by atoms with van der Waals surface area (Å²) in [5.74, 6) is 0.278. The molecule has 2 atom stereocenters. The lowest BCUT2D eigenvalue weighted by Crippen LogP contribution is -2.42. The molecule has 0 bridgehead atoms. The molecule has 1 saturated heterocycles. The Morgan fingerprint density at radius 3 is 2.90 bits per heavy atom. The molecule has 0 spiro atoms. The number of ether oxygens (including phenoxy) is 1. The number of nitrogens with zero attached hydrogens (tertiary/aromatic N) is 1. The maximum absolute atomic E-state index is 11.2. The van der Waals surface area contributed by atoms with Crippen LogP contribution in [-0.4, -0.2) is 36.2 Å². The lowest BCUT2D eigenvalue weighted by atomic mass is 9.90. The van der Waals surface area contributed by atoms with Gasteiger partial charge in [-0.15, -0.1) is 0 Å². The predicted octanol–water partition coefficient (Wildman–Crippen LogP) is 3.00. The highest BCUT2D eigenvalue weighted by Gasteiger charge is 2.29. The normalized spacial score (nSPS) is 23.6. The number of piperidine rings is 1. The van der Waals surface area contributed by atoms with Crippen molar-refractivity contribution in [2.75, 3.05) is 20.2 Å². The summed E-state index contributed by atoms with van der Waals surface area (Å²) in [7, 11) is 1.66. The molecule has 4 nitrogen and oxygen atoms in total. The zero-order chi connectivity index (χ0) is 14.7. The van der Waals surface area contributed by atoms with Crippen LogP contribution in [0.4, 0.5) is 0 Å². The summed E-state index contributed by atoms with van der Waals surface area (Å²) in [6.07, 6.45) is 0.765. The Balaban J connectivity index is 2.13. The fraction of sp³-hybridized carbons (Fsp3) is 0.533. The van der Waals surface area contributed by atoms with Gasteiger partial charge in [0.1, 0.15) is 5.75 Å². The Morgan fingerprint density at radius 1 is 1.50 bits per heavy atom. The van der Waals surface area contributed by atoms with Gasteiger partial charge in [0.15, 0.2) is 0 Å². The van der Waals surface area contributed by atoms with Crippen molar-refractivity contribution in [2.24, 2.45) is 11.8 Å². The van der Waals surface area contributed by atoms with Crippen molar-refractivity contribution in [1.82, 2.24) is 4.90 Å². The minimum Gasteiger partial charge on any atom is -0.495 e. The molecular formula is C15H20BrNO3. The van der Waals surface area contributed by atoms with E-state index < -0.39 is 5.97 Å². The van der Waals surface area contributed by atoms with Crippen molar-refractivity contribution in [1.29, 1.82) is 0 Å². The van der Waals surface area contributed by atoms with Gasteiger partial charge in [0.2, 0.25) is 0 Å². The van der Waals surface area contributed by atoms with Crippen LogP contribution in [-0.2, 0) is 11.3 Å². The number of hydrogen-bond acceptors (Lipinski definition) is 3. The Morgan fingerprint density at radius 2 is 2.25 bits per heavy atom. The van der Waals surface area contributed by atoms with Gasteiger partial charge >= 0.3 is 5.97 Å². The van der Waals surface area contributed by atoms with Gasteiger partial charge in [-0.1, -0.05) is 19.1 Å². The van der Waals surface area contributed by atoms with Crippen molar-refractivity contribution >= 4 is 21.9 Å². The van der Waals surface area contributed by atoms with Crippen molar-refractivity contribution in [3.63, 3.8) is 0 Å². The highest BCUT2D eigenvalue weighted by molar-refractivity contribution is 9.10. The zero-order valence-corrected chi connectivity index (χ0v) is 13.4. The minimum absolute atomic E-state index is 0.267. The summed E-state index contributed by atoms with van der Waals surface area (Å²) in [6, 6.07) is 5.95. The largest absolute Gasteiger partial charge is 0.495 e. The topological polar surface area (TPSA) is 49.8 Å². The molecule has 2 rings (SSSR count). The van der Waals surface area contributed by atoms with E-state index in [4.69, 9.17) is 4.74 Å². The van der Waals surface area contributed by atoms with Crippen LogP contribution < -0.4 is 4.74 Å². The van der Waals surface area contributed by atoms with Gasteiger partial charge in [-0.3, -0.25) is 9.69 Å².